The first-order valence-electron chi connectivity index (χ1n) is 7.67. The van der Waals surface area contributed by atoms with Gasteiger partial charge in [-0.1, -0.05) is 30.3 Å². The number of benzene rings is 2. The van der Waals surface area contributed by atoms with E-state index in [1.807, 2.05) is 63.4 Å². The summed E-state index contributed by atoms with van der Waals surface area (Å²) in [5.74, 6) is 0.179. The van der Waals surface area contributed by atoms with Gasteiger partial charge >= 0.3 is 0 Å². The van der Waals surface area contributed by atoms with Gasteiger partial charge in [0.25, 0.3) is 5.56 Å². The van der Waals surface area contributed by atoms with Gasteiger partial charge in [0.2, 0.25) is 0 Å². The van der Waals surface area contributed by atoms with E-state index < -0.39 is 0 Å². The van der Waals surface area contributed by atoms with Gasteiger partial charge in [-0.15, -0.1) is 0 Å². The molecule has 5 heteroatoms. The smallest absolute Gasteiger partial charge is 0.297 e. The summed E-state index contributed by atoms with van der Waals surface area (Å²) in [6, 6.07) is 14.9. The lowest BCUT2D eigenvalue weighted by molar-refractivity contribution is 0.470. The van der Waals surface area contributed by atoms with E-state index in [2.05, 4.69) is 4.99 Å². The second-order valence-electron chi connectivity index (χ2n) is 5.68. The predicted octanol–water partition coefficient (Wildman–Crippen LogP) is 3.25. The van der Waals surface area contributed by atoms with Crippen LogP contribution in [0.2, 0.25) is 0 Å². The van der Waals surface area contributed by atoms with E-state index in [-0.39, 0.29) is 11.3 Å². The molecule has 5 nitrogen and oxygen atoms in total. The Bertz CT molecular complexity index is 966. The van der Waals surface area contributed by atoms with E-state index in [0.717, 1.165) is 16.9 Å². The van der Waals surface area contributed by atoms with E-state index in [1.165, 1.54) is 6.21 Å². The average Bonchev–Trinajstić information content (AvgIpc) is 2.80. The summed E-state index contributed by atoms with van der Waals surface area (Å²) in [7, 11) is 1.83. The van der Waals surface area contributed by atoms with Crippen molar-refractivity contribution in [1.29, 1.82) is 0 Å². The number of nitrogens with zero attached hydrogens (tertiary/aromatic N) is 3. The first-order chi connectivity index (χ1) is 11.5. The normalized spacial score (nSPS) is 11.3. The van der Waals surface area contributed by atoms with Gasteiger partial charge in [0, 0.05) is 18.8 Å². The molecule has 0 radical (unpaired) electrons. The van der Waals surface area contributed by atoms with Crippen molar-refractivity contribution in [3.8, 4) is 11.4 Å². The monoisotopic (exact) mass is 321 g/mol. The van der Waals surface area contributed by atoms with Gasteiger partial charge < -0.3 is 5.11 Å². The summed E-state index contributed by atoms with van der Waals surface area (Å²) in [5.41, 5.74) is 3.07. The van der Waals surface area contributed by atoms with E-state index in [4.69, 9.17) is 0 Å². The van der Waals surface area contributed by atoms with Gasteiger partial charge in [-0.3, -0.25) is 9.48 Å². The SMILES string of the molecule is Cc1cccc(C=Nc2c(C)n(C)n(-c3ccccc3)c2=O)c1O. The van der Waals surface area contributed by atoms with Crippen LogP contribution in [-0.4, -0.2) is 20.7 Å². The second kappa shape index (κ2) is 6.20. The Morgan fingerprint density at radius 3 is 2.46 bits per heavy atom. The molecule has 0 aliphatic heterocycles. The van der Waals surface area contributed by atoms with Crippen molar-refractivity contribution in [2.75, 3.05) is 0 Å². The van der Waals surface area contributed by atoms with Gasteiger partial charge in [-0.05, 0) is 37.6 Å². The maximum Gasteiger partial charge on any atom is 0.297 e. The Kier molecular flexibility index (Phi) is 4.08. The van der Waals surface area contributed by atoms with E-state index >= 15 is 0 Å². The molecule has 0 aliphatic carbocycles. The first-order valence-corrected chi connectivity index (χ1v) is 7.67. The number of para-hydroxylation sites is 2. The summed E-state index contributed by atoms with van der Waals surface area (Å²) < 4.78 is 3.36. The van der Waals surface area contributed by atoms with Crippen LogP contribution in [0.4, 0.5) is 5.69 Å². The minimum Gasteiger partial charge on any atom is -0.507 e. The molecule has 0 spiro atoms. The molecular formula is C19H19N3O2. The number of rotatable bonds is 3. The highest BCUT2D eigenvalue weighted by Crippen LogP contribution is 2.21. The maximum atomic E-state index is 12.8. The number of hydrogen-bond donors (Lipinski definition) is 1. The summed E-state index contributed by atoms with van der Waals surface area (Å²) in [6.45, 7) is 3.67. The Hall–Kier alpha value is -3.08. The van der Waals surface area contributed by atoms with Crippen LogP contribution < -0.4 is 5.56 Å². The fourth-order valence-electron chi connectivity index (χ4n) is 2.62. The molecule has 1 N–H and O–H groups in total. The first kappa shape index (κ1) is 15.8. The minimum atomic E-state index is -0.190. The summed E-state index contributed by atoms with van der Waals surface area (Å²) in [4.78, 5) is 17.1. The van der Waals surface area contributed by atoms with Crippen molar-refractivity contribution in [2.45, 2.75) is 13.8 Å². The molecule has 24 heavy (non-hydrogen) atoms. The summed E-state index contributed by atoms with van der Waals surface area (Å²) >= 11 is 0. The molecule has 0 amide bonds. The van der Waals surface area contributed by atoms with Gasteiger partial charge in [-0.25, -0.2) is 9.67 Å². The lowest BCUT2D eigenvalue weighted by atomic mass is 10.1. The van der Waals surface area contributed by atoms with Gasteiger partial charge in [0.1, 0.15) is 5.75 Å². The highest BCUT2D eigenvalue weighted by molar-refractivity contribution is 5.86. The largest absolute Gasteiger partial charge is 0.507 e. The lowest BCUT2D eigenvalue weighted by Gasteiger charge is -2.07. The third kappa shape index (κ3) is 2.65. The number of phenolic OH excluding ortho intramolecular Hbond substituents is 1. The molecule has 2 aromatic carbocycles. The third-order valence-corrected chi connectivity index (χ3v) is 4.13. The van der Waals surface area contributed by atoms with Crippen LogP contribution in [0, 0.1) is 13.8 Å². The molecule has 0 aliphatic rings. The fraction of sp³-hybridized carbons (Fsp3) is 0.158. The lowest BCUT2D eigenvalue weighted by Crippen LogP contribution is -2.19. The molecule has 0 atom stereocenters. The van der Waals surface area contributed by atoms with Crippen molar-refractivity contribution >= 4 is 11.9 Å². The number of aryl methyl sites for hydroxylation is 1. The van der Waals surface area contributed by atoms with E-state index in [1.54, 1.807) is 15.4 Å². The van der Waals surface area contributed by atoms with Gasteiger partial charge in [0.05, 0.1) is 11.4 Å². The quantitative estimate of drug-likeness (QED) is 0.753. The summed E-state index contributed by atoms with van der Waals surface area (Å²) in [5, 5.41) is 10.1. The van der Waals surface area contributed by atoms with E-state index in [9.17, 15) is 9.90 Å². The molecule has 1 heterocycles. The molecule has 0 bridgehead atoms. The average molecular weight is 321 g/mol. The van der Waals surface area contributed by atoms with Crippen molar-refractivity contribution in [1.82, 2.24) is 9.36 Å². The van der Waals surface area contributed by atoms with Crippen molar-refractivity contribution in [3.05, 3.63) is 75.7 Å². The zero-order valence-electron chi connectivity index (χ0n) is 13.9. The summed E-state index contributed by atoms with van der Waals surface area (Å²) in [6.07, 6.45) is 1.53. The van der Waals surface area contributed by atoms with Crippen LogP contribution in [0.5, 0.6) is 5.75 Å². The van der Waals surface area contributed by atoms with Crippen LogP contribution in [0.3, 0.4) is 0 Å². The van der Waals surface area contributed by atoms with Crippen molar-refractivity contribution in [2.24, 2.45) is 12.0 Å². The number of aromatic nitrogens is 2. The molecule has 0 saturated heterocycles. The molecule has 0 saturated carbocycles. The Morgan fingerprint density at radius 1 is 1.04 bits per heavy atom. The molecule has 122 valence electrons. The molecular weight excluding hydrogens is 302 g/mol. The van der Waals surface area contributed by atoms with Crippen molar-refractivity contribution in [3.63, 3.8) is 0 Å². The van der Waals surface area contributed by atoms with Crippen LogP contribution in [-0.2, 0) is 7.05 Å². The molecule has 0 fully saturated rings. The second-order valence-corrected chi connectivity index (χ2v) is 5.68. The topological polar surface area (TPSA) is 59.5 Å². The molecule has 3 aromatic rings. The minimum absolute atomic E-state index is 0.179. The van der Waals surface area contributed by atoms with Crippen molar-refractivity contribution < 1.29 is 5.11 Å². The number of aromatic hydroxyl groups is 1. The number of phenols is 1. The Morgan fingerprint density at radius 2 is 1.75 bits per heavy atom. The molecule has 0 unspecified atom stereocenters. The van der Waals surface area contributed by atoms with Crippen LogP contribution >= 0.6 is 0 Å². The van der Waals surface area contributed by atoms with Gasteiger partial charge in [-0.2, -0.15) is 0 Å². The third-order valence-electron chi connectivity index (χ3n) is 4.13. The van der Waals surface area contributed by atoms with Crippen LogP contribution in [0.1, 0.15) is 16.8 Å². The zero-order chi connectivity index (χ0) is 17.3. The fourth-order valence-corrected chi connectivity index (χ4v) is 2.62. The van der Waals surface area contributed by atoms with E-state index in [0.29, 0.717) is 11.3 Å². The molecule has 1 aromatic heterocycles. The standard InChI is InChI=1S/C19H19N3O2/c1-13-8-7-9-15(18(13)23)12-20-17-14(2)21(3)22(19(17)24)16-10-5-4-6-11-16/h4-12,23H,1-3H3. The molecule has 3 rings (SSSR count). The Balaban J connectivity index is 2.09. The van der Waals surface area contributed by atoms with Crippen LogP contribution in [0.15, 0.2) is 58.3 Å². The highest BCUT2D eigenvalue weighted by atomic mass is 16.3. The Labute approximate surface area is 140 Å². The number of hydrogen-bond acceptors (Lipinski definition) is 3. The van der Waals surface area contributed by atoms with Crippen LogP contribution in [0.25, 0.3) is 5.69 Å². The highest BCUT2D eigenvalue weighted by Gasteiger charge is 2.15. The maximum absolute atomic E-state index is 12.8. The predicted molar refractivity (Wildman–Crippen MR) is 95.8 cm³/mol. The van der Waals surface area contributed by atoms with Gasteiger partial charge in [0.15, 0.2) is 5.69 Å². The number of aliphatic imine (C=N–C) groups is 1. The zero-order valence-corrected chi connectivity index (χ0v) is 13.9.